The Labute approximate surface area is 108 Å². The van der Waals surface area contributed by atoms with E-state index in [-0.39, 0.29) is 18.6 Å². The molecule has 0 saturated carbocycles. The molecule has 4 heteroatoms. The minimum atomic E-state index is -0.554. The second-order valence-corrected chi connectivity index (χ2v) is 4.65. The maximum Gasteiger partial charge on any atom is 0.240 e. The Morgan fingerprint density at radius 1 is 1.33 bits per heavy atom. The van der Waals surface area contributed by atoms with Crippen LogP contribution < -0.4 is 5.73 Å². The minimum Gasteiger partial charge on any atom is -0.395 e. The monoisotopic (exact) mass is 250 g/mol. The van der Waals surface area contributed by atoms with E-state index in [0.29, 0.717) is 13.0 Å². The normalized spacial score (nSPS) is 12.5. The zero-order valence-electron chi connectivity index (χ0n) is 11.0. The maximum atomic E-state index is 12.2. The molecule has 18 heavy (non-hydrogen) atoms. The van der Waals surface area contributed by atoms with E-state index in [1.165, 1.54) is 0 Å². The van der Waals surface area contributed by atoms with Crippen molar-refractivity contribution in [3.63, 3.8) is 0 Å². The molecule has 1 amide bonds. The smallest absolute Gasteiger partial charge is 0.240 e. The van der Waals surface area contributed by atoms with Gasteiger partial charge in [-0.15, -0.1) is 0 Å². The van der Waals surface area contributed by atoms with Crippen LogP contribution in [-0.4, -0.2) is 41.1 Å². The molecule has 0 aliphatic rings. The second-order valence-electron chi connectivity index (χ2n) is 4.65. The van der Waals surface area contributed by atoms with Crippen LogP contribution >= 0.6 is 0 Å². The molecule has 0 radical (unpaired) electrons. The molecule has 0 aromatic heterocycles. The maximum absolute atomic E-state index is 12.2. The number of nitrogens with two attached hydrogens (primary N) is 1. The number of amides is 1. The minimum absolute atomic E-state index is 0.0397. The summed E-state index contributed by atoms with van der Waals surface area (Å²) in [6, 6.07) is 9.20. The van der Waals surface area contributed by atoms with Crippen LogP contribution in [0.1, 0.15) is 19.4 Å². The first kappa shape index (κ1) is 14.7. The first-order valence-electron chi connectivity index (χ1n) is 6.27. The van der Waals surface area contributed by atoms with Crippen LogP contribution in [0, 0.1) is 0 Å². The molecular weight excluding hydrogens is 228 g/mol. The number of carbonyl (C=O) groups excluding carboxylic acids is 1. The van der Waals surface area contributed by atoms with Gasteiger partial charge in [0, 0.05) is 12.6 Å². The summed E-state index contributed by atoms with van der Waals surface area (Å²) in [5, 5.41) is 8.97. The van der Waals surface area contributed by atoms with Gasteiger partial charge in [-0.25, -0.2) is 0 Å². The van der Waals surface area contributed by atoms with Crippen LogP contribution in [0.5, 0.6) is 0 Å². The first-order chi connectivity index (χ1) is 8.56. The zero-order chi connectivity index (χ0) is 13.5. The molecular formula is C14H22N2O2. The summed E-state index contributed by atoms with van der Waals surface area (Å²) < 4.78 is 0. The van der Waals surface area contributed by atoms with E-state index < -0.39 is 6.04 Å². The van der Waals surface area contributed by atoms with Gasteiger partial charge in [-0.3, -0.25) is 4.79 Å². The van der Waals surface area contributed by atoms with Gasteiger partial charge < -0.3 is 15.7 Å². The Bertz CT molecular complexity index is 365. The van der Waals surface area contributed by atoms with Gasteiger partial charge in [-0.05, 0) is 25.8 Å². The number of nitrogens with zero attached hydrogens (tertiary/aromatic N) is 1. The summed E-state index contributed by atoms with van der Waals surface area (Å²) in [6.45, 7) is 4.13. The van der Waals surface area contributed by atoms with Crippen molar-refractivity contribution >= 4 is 5.91 Å². The highest BCUT2D eigenvalue weighted by atomic mass is 16.3. The standard InChI is InChI=1S/C14H22N2O2/c1-11(2)16(8-9-17)14(18)13(15)10-12-6-4-3-5-7-12/h3-7,11,13,17H,8-10,15H2,1-2H3/t13-/m1/s1. The van der Waals surface area contributed by atoms with Crippen molar-refractivity contribution in [1.29, 1.82) is 0 Å². The van der Waals surface area contributed by atoms with Crippen molar-refractivity contribution in [3.05, 3.63) is 35.9 Å². The van der Waals surface area contributed by atoms with Gasteiger partial charge in [0.15, 0.2) is 0 Å². The third kappa shape index (κ3) is 4.13. The molecule has 0 aliphatic carbocycles. The van der Waals surface area contributed by atoms with E-state index >= 15 is 0 Å². The lowest BCUT2D eigenvalue weighted by atomic mass is 10.1. The highest BCUT2D eigenvalue weighted by molar-refractivity contribution is 5.82. The summed E-state index contributed by atoms with van der Waals surface area (Å²) in [5.74, 6) is -0.108. The molecule has 1 atom stereocenters. The first-order valence-corrected chi connectivity index (χ1v) is 6.27. The topological polar surface area (TPSA) is 66.6 Å². The molecule has 0 saturated heterocycles. The predicted molar refractivity (Wildman–Crippen MR) is 72.1 cm³/mol. The average Bonchev–Trinajstić information content (AvgIpc) is 2.36. The Kier molecular flexibility index (Phi) is 5.82. The molecule has 0 spiro atoms. The molecule has 0 unspecified atom stereocenters. The Morgan fingerprint density at radius 2 is 1.94 bits per heavy atom. The molecule has 1 aromatic carbocycles. The lowest BCUT2D eigenvalue weighted by molar-refractivity contribution is -0.134. The van der Waals surface area contributed by atoms with Crippen LogP contribution in [0.15, 0.2) is 30.3 Å². The molecule has 0 fully saturated rings. The van der Waals surface area contributed by atoms with Gasteiger partial charge in [0.2, 0.25) is 5.91 Å². The lowest BCUT2D eigenvalue weighted by Gasteiger charge is -2.28. The number of aliphatic hydroxyl groups excluding tert-OH is 1. The molecule has 4 nitrogen and oxygen atoms in total. The fraction of sp³-hybridized carbons (Fsp3) is 0.500. The summed E-state index contributed by atoms with van der Waals surface area (Å²) in [5.41, 5.74) is 6.99. The van der Waals surface area contributed by atoms with E-state index in [1.807, 2.05) is 44.2 Å². The average molecular weight is 250 g/mol. The van der Waals surface area contributed by atoms with E-state index in [4.69, 9.17) is 10.8 Å². The summed E-state index contributed by atoms with van der Waals surface area (Å²) >= 11 is 0. The Balaban J connectivity index is 2.65. The number of benzene rings is 1. The van der Waals surface area contributed by atoms with Crippen LogP contribution in [0.2, 0.25) is 0 Å². The second kappa shape index (κ2) is 7.13. The molecule has 0 bridgehead atoms. The van der Waals surface area contributed by atoms with Crippen molar-refractivity contribution in [2.45, 2.75) is 32.4 Å². The van der Waals surface area contributed by atoms with Gasteiger partial charge in [-0.1, -0.05) is 30.3 Å². The lowest BCUT2D eigenvalue weighted by Crippen LogP contribution is -2.48. The highest BCUT2D eigenvalue weighted by Crippen LogP contribution is 2.06. The van der Waals surface area contributed by atoms with Crippen LogP contribution in [-0.2, 0) is 11.2 Å². The van der Waals surface area contributed by atoms with E-state index in [9.17, 15) is 4.79 Å². The zero-order valence-corrected chi connectivity index (χ0v) is 11.0. The van der Waals surface area contributed by atoms with E-state index in [1.54, 1.807) is 4.90 Å². The third-order valence-electron chi connectivity index (χ3n) is 2.86. The van der Waals surface area contributed by atoms with Gasteiger partial charge >= 0.3 is 0 Å². The van der Waals surface area contributed by atoms with Gasteiger partial charge in [-0.2, -0.15) is 0 Å². The van der Waals surface area contributed by atoms with Crippen LogP contribution in [0.3, 0.4) is 0 Å². The Hall–Kier alpha value is -1.39. The van der Waals surface area contributed by atoms with Gasteiger partial charge in [0.1, 0.15) is 0 Å². The molecule has 3 N–H and O–H groups in total. The Morgan fingerprint density at radius 3 is 2.44 bits per heavy atom. The largest absolute Gasteiger partial charge is 0.395 e. The molecule has 1 aromatic rings. The predicted octanol–water partition coefficient (Wildman–Crippen LogP) is 0.786. The number of aliphatic hydroxyl groups is 1. The summed E-state index contributed by atoms with van der Waals surface area (Å²) in [7, 11) is 0. The quantitative estimate of drug-likeness (QED) is 0.784. The summed E-state index contributed by atoms with van der Waals surface area (Å²) in [6.07, 6.45) is 0.522. The number of hydrogen-bond donors (Lipinski definition) is 2. The SMILES string of the molecule is CC(C)N(CCO)C(=O)[C@H](N)Cc1ccccc1. The van der Waals surface area contributed by atoms with Gasteiger partial charge in [0.25, 0.3) is 0 Å². The molecule has 1 rings (SSSR count). The molecule has 0 heterocycles. The van der Waals surface area contributed by atoms with Crippen molar-refractivity contribution in [2.75, 3.05) is 13.2 Å². The van der Waals surface area contributed by atoms with Crippen LogP contribution in [0.4, 0.5) is 0 Å². The highest BCUT2D eigenvalue weighted by Gasteiger charge is 2.22. The number of hydrogen-bond acceptors (Lipinski definition) is 3. The van der Waals surface area contributed by atoms with E-state index in [2.05, 4.69) is 0 Å². The molecule has 100 valence electrons. The summed E-state index contributed by atoms with van der Waals surface area (Å²) in [4.78, 5) is 13.8. The van der Waals surface area contributed by atoms with Crippen molar-refractivity contribution in [1.82, 2.24) is 4.90 Å². The van der Waals surface area contributed by atoms with Crippen molar-refractivity contribution in [2.24, 2.45) is 5.73 Å². The molecule has 0 aliphatic heterocycles. The number of rotatable bonds is 6. The van der Waals surface area contributed by atoms with Crippen molar-refractivity contribution < 1.29 is 9.90 Å². The fourth-order valence-corrected chi connectivity index (χ4v) is 1.90. The fourth-order valence-electron chi connectivity index (χ4n) is 1.90. The van der Waals surface area contributed by atoms with Crippen LogP contribution in [0.25, 0.3) is 0 Å². The van der Waals surface area contributed by atoms with E-state index in [0.717, 1.165) is 5.56 Å². The van der Waals surface area contributed by atoms with Crippen molar-refractivity contribution in [3.8, 4) is 0 Å². The number of carbonyl (C=O) groups is 1. The van der Waals surface area contributed by atoms with Gasteiger partial charge in [0.05, 0.1) is 12.6 Å². The third-order valence-corrected chi connectivity index (χ3v) is 2.86.